The fraction of sp³-hybridized carbons (Fsp3) is 0.765. The van der Waals surface area contributed by atoms with E-state index in [2.05, 4.69) is 20.4 Å². The Morgan fingerprint density at radius 3 is 2.35 bits per heavy atom. The minimum atomic E-state index is 0.162. The summed E-state index contributed by atoms with van der Waals surface area (Å²) in [5.41, 5.74) is 5.76. The minimum Gasteiger partial charge on any atom is -0.378 e. The van der Waals surface area contributed by atoms with Crippen LogP contribution < -0.4 is 26.2 Å². The van der Waals surface area contributed by atoms with Crippen molar-refractivity contribution < 1.29 is 9.47 Å². The third-order valence-corrected chi connectivity index (χ3v) is 4.40. The highest BCUT2D eigenvalue weighted by atomic mass is 16.5. The van der Waals surface area contributed by atoms with Gasteiger partial charge >= 0.3 is 0 Å². The van der Waals surface area contributed by atoms with Crippen molar-refractivity contribution in [3.05, 3.63) is 6.07 Å². The number of nitrogens with one attached hydrogen (secondary N) is 2. The number of aromatic nitrogens is 2. The zero-order valence-electron chi connectivity index (χ0n) is 15.6. The van der Waals surface area contributed by atoms with Gasteiger partial charge in [0, 0.05) is 57.9 Å². The van der Waals surface area contributed by atoms with E-state index >= 15 is 0 Å². The largest absolute Gasteiger partial charge is 0.378 e. The third-order valence-electron chi connectivity index (χ3n) is 4.40. The molecule has 3 heterocycles. The van der Waals surface area contributed by atoms with Gasteiger partial charge in [0.05, 0.1) is 26.4 Å². The summed E-state index contributed by atoms with van der Waals surface area (Å²) >= 11 is 0. The van der Waals surface area contributed by atoms with Gasteiger partial charge in [0.1, 0.15) is 11.6 Å². The highest BCUT2D eigenvalue weighted by Gasteiger charge is 2.19. The molecule has 0 radical (unpaired) electrons. The van der Waals surface area contributed by atoms with Gasteiger partial charge in [0.15, 0.2) is 0 Å². The van der Waals surface area contributed by atoms with Gasteiger partial charge in [-0.1, -0.05) is 0 Å². The summed E-state index contributed by atoms with van der Waals surface area (Å²) in [6.45, 7) is 10.7. The summed E-state index contributed by atoms with van der Waals surface area (Å²) < 4.78 is 10.9. The van der Waals surface area contributed by atoms with Gasteiger partial charge in [-0.05, 0) is 6.92 Å². The molecule has 1 unspecified atom stereocenters. The number of ether oxygens (including phenoxy) is 2. The fourth-order valence-electron chi connectivity index (χ4n) is 2.98. The van der Waals surface area contributed by atoms with Gasteiger partial charge < -0.3 is 35.6 Å². The van der Waals surface area contributed by atoms with E-state index in [1.807, 2.05) is 13.0 Å². The first-order valence-corrected chi connectivity index (χ1v) is 9.47. The molecule has 0 spiro atoms. The first-order chi connectivity index (χ1) is 12.7. The monoisotopic (exact) mass is 365 g/mol. The summed E-state index contributed by atoms with van der Waals surface area (Å²) in [6, 6.07) is 2.19. The summed E-state index contributed by atoms with van der Waals surface area (Å²) in [4.78, 5) is 14.0. The number of rotatable bonds is 8. The van der Waals surface area contributed by atoms with Crippen LogP contribution in [0, 0.1) is 0 Å². The Morgan fingerprint density at radius 2 is 1.69 bits per heavy atom. The van der Waals surface area contributed by atoms with Crippen LogP contribution in [0.25, 0.3) is 0 Å². The molecule has 2 aliphatic rings. The predicted octanol–water partition coefficient (Wildman–Crippen LogP) is -0.501. The van der Waals surface area contributed by atoms with Crippen molar-refractivity contribution >= 4 is 17.6 Å². The molecular weight excluding hydrogens is 334 g/mol. The topological polar surface area (TPSA) is 101 Å². The van der Waals surface area contributed by atoms with Crippen molar-refractivity contribution in [3.8, 4) is 0 Å². The molecule has 2 saturated heterocycles. The molecule has 1 aromatic rings. The molecule has 4 N–H and O–H groups in total. The van der Waals surface area contributed by atoms with Gasteiger partial charge in [-0.15, -0.1) is 0 Å². The van der Waals surface area contributed by atoms with E-state index in [9.17, 15) is 0 Å². The van der Waals surface area contributed by atoms with Crippen LogP contribution in [0.2, 0.25) is 0 Å². The van der Waals surface area contributed by atoms with Crippen molar-refractivity contribution in [2.24, 2.45) is 5.73 Å². The second-order valence-corrected chi connectivity index (χ2v) is 6.72. The number of morpholine rings is 2. The first kappa shape index (κ1) is 19.1. The molecule has 1 atom stereocenters. The van der Waals surface area contributed by atoms with E-state index in [0.717, 1.165) is 89.8 Å². The molecule has 0 amide bonds. The Labute approximate surface area is 155 Å². The van der Waals surface area contributed by atoms with Crippen molar-refractivity contribution in [1.29, 1.82) is 0 Å². The number of hydrogen-bond acceptors (Lipinski definition) is 9. The number of nitrogens with two attached hydrogens (primary N) is 1. The zero-order valence-corrected chi connectivity index (χ0v) is 15.6. The molecule has 0 aromatic carbocycles. The molecule has 2 fully saturated rings. The van der Waals surface area contributed by atoms with Gasteiger partial charge in [0.25, 0.3) is 0 Å². The highest BCUT2D eigenvalue weighted by molar-refractivity contribution is 5.54. The molecule has 0 bridgehead atoms. The van der Waals surface area contributed by atoms with Crippen LogP contribution in [0.15, 0.2) is 6.07 Å². The van der Waals surface area contributed by atoms with Crippen molar-refractivity contribution in [3.63, 3.8) is 0 Å². The third kappa shape index (κ3) is 5.66. The zero-order chi connectivity index (χ0) is 18.2. The van der Waals surface area contributed by atoms with Gasteiger partial charge in [0.2, 0.25) is 5.95 Å². The Morgan fingerprint density at radius 1 is 1.04 bits per heavy atom. The standard InChI is InChI=1S/C17H31N7O2/c1-14(18)13-19-2-3-20-15-12-16(23-4-8-25-9-5-23)22-17(21-15)24-6-10-26-11-7-24/h12,14,19H,2-11,13,18H2,1H3,(H,20,21,22). The molecule has 0 saturated carbocycles. The van der Waals surface area contributed by atoms with Crippen LogP contribution >= 0.6 is 0 Å². The van der Waals surface area contributed by atoms with Crippen LogP contribution in [0.1, 0.15) is 6.92 Å². The number of hydrogen-bond donors (Lipinski definition) is 3. The number of nitrogens with zero attached hydrogens (tertiary/aromatic N) is 4. The molecule has 146 valence electrons. The lowest BCUT2D eigenvalue weighted by molar-refractivity contribution is 0.121. The lowest BCUT2D eigenvalue weighted by Crippen LogP contribution is -2.39. The van der Waals surface area contributed by atoms with Gasteiger partial charge in [-0.2, -0.15) is 9.97 Å². The summed E-state index contributed by atoms with van der Waals surface area (Å²) in [5.74, 6) is 2.57. The van der Waals surface area contributed by atoms with E-state index < -0.39 is 0 Å². The van der Waals surface area contributed by atoms with E-state index in [1.54, 1.807) is 0 Å². The summed E-state index contributed by atoms with van der Waals surface area (Å²) in [7, 11) is 0. The SMILES string of the molecule is CC(N)CNCCNc1cc(N2CCOCC2)nc(N2CCOCC2)n1. The Hall–Kier alpha value is -1.68. The average Bonchev–Trinajstić information content (AvgIpc) is 2.68. The lowest BCUT2D eigenvalue weighted by atomic mass is 10.3. The van der Waals surface area contributed by atoms with E-state index in [1.165, 1.54) is 0 Å². The maximum absolute atomic E-state index is 5.76. The highest BCUT2D eigenvalue weighted by Crippen LogP contribution is 2.22. The van der Waals surface area contributed by atoms with Crippen LogP contribution in [0.3, 0.4) is 0 Å². The van der Waals surface area contributed by atoms with E-state index in [0.29, 0.717) is 0 Å². The molecule has 3 rings (SSSR count). The van der Waals surface area contributed by atoms with Crippen molar-refractivity contribution in [2.75, 3.05) is 87.4 Å². The van der Waals surface area contributed by atoms with Crippen molar-refractivity contribution in [2.45, 2.75) is 13.0 Å². The van der Waals surface area contributed by atoms with E-state index in [-0.39, 0.29) is 6.04 Å². The van der Waals surface area contributed by atoms with Crippen LogP contribution in [-0.4, -0.2) is 88.3 Å². The van der Waals surface area contributed by atoms with Gasteiger partial charge in [-0.25, -0.2) is 0 Å². The fourth-order valence-corrected chi connectivity index (χ4v) is 2.98. The van der Waals surface area contributed by atoms with Crippen LogP contribution in [-0.2, 0) is 9.47 Å². The smallest absolute Gasteiger partial charge is 0.229 e. The maximum atomic E-state index is 5.76. The van der Waals surface area contributed by atoms with Crippen LogP contribution in [0.5, 0.6) is 0 Å². The maximum Gasteiger partial charge on any atom is 0.229 e. The summed E-state index contributed by atoms with van der Waals surface area (Å²) in [5, 5.41) is 6.73. The van der Waals surface area contributed by atoms with E-state index in [4.69, 9.17) is 25.2 Å². The molecule has 2 aliphatic heterocycles. The normalized spacial score (nSPS) is 19.5. The second-order valence-electron chi connectivity index (χ2n) is 6.72. The second kappa shape index (κ2) is 9.86. The molecular formula is C17H31N7O2. The Balaban J connectivity index is 1.67. The quantitative estimate of drug-likeness (QED) is 0.526. The molecule has 9 heteroatoms. The Bertz CT molecular complexity index is 510. The molecule has 26 heavy (non-hydrogen) atoms. The Kier molecular flexibility index (Phi) is 7.24. The van der Waals surface area contributed by atoms with Crippen molar-refractivity contribution in [1.82, 2.24) is 15.3 Å². The molecule has 9 nitrogen and oxygen atoms in total. The average molecular weight is 365 g/mol. The van der Waals surface area contributed by atoms with Crippen LogP contribution in [0.4, 0.5) is 17.6 Å². The number of anilines is 3. The minimum absolute atomic E-state index is 0.162. The van der Waals surface area contributed by atoms with Gasteiger partial charge in [-0.3, -0.25) is 0 Å². The lowest BCUT2D eigenvalue weighted by Gasteiger charge is -2.31. The molecule has 0 aliphatic carbocycles. The molecule has 1 aromatic heterocycles. The summed E-state index contributed by atoms with van der Waals surface area (Å²) in [6.07, 6.45) is 0. The first-order valence-electron chi connectivity index (χ1n) is 9.47. The predicted molar refractivity (Wildman–Crippen MR) is 103 cm³/mol.